The Bertz CT molecular complexity index is 1290. The van der Waals surface area contributed by atoms with Crippen molar-refractivity contribution in [3.8, 4) is 0 Å². The molecule has 0 unspecified atom stereocenters. The Morgan fingerprint density at radius 2 is 1.63 bits per heavy atom. The lowest BCUT2D eigenvalue weighted by molar-refractivity contribution is -0.147. The van der Waals surface area contributed by atoms with Gasteiger partial charge < -0.3 is 14.7 Å². The topological polar surface area (TPSA) is 115 Å². The van der Waals surface area contributed by atoms with Crippen molar-refractivity contribution in [3.63, 3.8) is 0 Å². The van der Waals surface area contributed by atoms with Gasteiger partial charge in [-0.3, -0.25) is 24.0 Å². The lowest BCUT2D eigenvalue weighted by Crippen LogP contribution is -2.53. The molecule has 0 bridgehead atoms. The number of aliphatic carboxylic acids is 1. The van der Waals surface area contributed by atoms with E-state index in [9.17, 15) is 32.7 Å². The molecule has 0 spiro atoms. The number of Topliss-reactive ketones (excluding diaryl/α,β-unsaturated/α-hetero) is 1. The van der Waals surface area contributed by atoms with Crippen molar-refractivity contribution >= 4 is 40.9 Å². The van der Waals surface area contributed by atoms with Crippen LogP contribution in [0.1, 0.15) is 91.7 Å². The molecule has 1 N–H and O–H groups in total. The maximum atomic E-state index is 14.4. The van der Waals surface area contributed by atoms with Gasteiger partial charge in [0.2, 0.25) is 0 Å². The highest BCUT2D eigenvalue weighted by atomic mass is 35.5. The fraction of sp³-hybridized carbons (Fsp3) is 0.593. The molecule has 0 aromatic carbocycles. The van der Waals surface area contributed by atoms with E-state index in [0.29, 0.717) is 12.8 Å². The molecule has 0 atom stereocenters. The van der Waals surface area contributed by atoms with Crippen molar-refractivity contribution in [1.82, 2.24) is 19.7 Å². The number of carboxylic acid groups (broad SMARTS) is 1. The predicted molar refractivity (Wildman–Crippen MR) is 143 cm³/mol. The minimum Gasteiger partial charge on any atom is -0.481 e. The van der Waals surface area contributed by atoms with E-state index in [-0.39, 0.29) is 47.4 Å². The summed E-state index contributed by atoms with van der Waals surface area (Å²) in [6, 6.07) is -1.30. The zero-order valence-electron chi connectivity index (χ0n) is 22.8. The number of nitrogens with zero attached hydrogens (tertiary/aromatic N) is 4. The quantitative estimate of drug-likeness (QED) is 0.356. The van der Waals surface area contributed by atoms with Gasteiger partial charge in [-0.15, -0.1) is 0 Å². The molecule has 2 aromatic heterocycles. The molecule has 0 aliphatic heterocycles. The fourth-order valence-electron chi connectivity index (χ4n) is 5.47. The normalized spacial score (nSPS) is 23.1. The molecular formula is C27H31Cl2F3N4O5. The molecule has 2 heterocycles. The molecule has 1 amide bonds. The predicted octanol–water partition coefficient (Wildman–Crippen LogP) is 6.09. The van der Waals surface area contributed by atoms with Gasteiger partial charge in [-0.25, -0.2) is 0 Å². The van der Waals surface area contributed by atoms with Crippen LogP contribution in [-0.4, -0.2) is 66.7 Å². The second kappa shape index (κ2) is 11.9. The number of carbonyl (C=O) groups excluding carboxylic acids is 2. The van der Waals surface area contributed by atoms with E-state index >= 15 is 0 Å². The van der Waals surface area contributed by atoms with E-state index in [1.165, 1.54) is 12.4 Å². The first-order chi connectivity index (χ1) is 19.1. The zero-order chi connectivity index (χ0) is 30.3. The molecule has 2 aliphatic carbocycles. The van der Waals surface area contributed by atoms with Crippen LogP contribution in [-0.2, 0) is 15.7 Å². The Morgan fingerprint density at radius 1 is 1.05 bits per heavy atom. The van der Waals surface area contributed by atoms with Gasteiger partial charge in [0.25, 0.3) is 5.91 Å². The van der Waals surface area contributed by atoms with E-state index < -0.39 is 65.2 Å². The van der Waals surface area contributed by atoms with Crippen LogP contribution in [0, 0.1) is 5.92 Å². The van der Waals surface area contributed by atoms with E-state index in [2.05, 4.69) is 10.1 Å². The number of ether oxygens (including phenoxy) is 1. The SMILES string of the molecule is CC(C)(C)O[C@H]1C[C@@H](N(CC(=O)c2c(Cl)cncc2Cl)C(=O)c2cnn([C@H]3CC[C@H](C(=O)O)CC3)c2C(F)(F)F)C1. The third-order valence-electron chi connectivity index (χ3n) is 7.42. The van der Waals surface area contributed by atoms with Gasteiger partial charge in [-0.05, 0) is 59.3 Å². The first kappa shape index (κ1) is 31.2. The number of carbonyl (C=O) groups is 3. The van der Waals surface area contributed by atoms with Crippen LogP contribution < -0.4 is 0 Å². The molecular weight excluding hydrogens is 588 g/mol. The highest BCUT2D eigenvalue weighted by molar-refractivity contribution is 6.39. The summed E-state index contributed by atoms with van der Waals surface area (Å²) < 4.78 is 50.1. The summed E-state index contributed by atoms with van der Waals surface area (Å²) in [5.41, 5.74) is -2.45. The van der Waals surface area contributed by atoms with Gasteiger partial charge in [0.05, 0.1) is 57.6 Å². The van der Waals surface area contributed by atoms with E-state index in [4.69, 9.17) is 27.9 Å². The van der Waals surface area contributed by atoms with Crippen LogP contribution in [0.25, 0.3) is 0 Å². The van der Waals surface area contributed by atoms with Crippen molar-refractivity contribution in [2.75, 3.05) is 6.54 Å². The molecule has 224 valence electrons. The second-order valence-corrected chi connectivity index (χ2v) is 12.3. The van der Waals surface area contributed by atoms with Crippen LogP contribution in [0.5, 0.6) is 0 Å². The molecule has 0 saturated heterocycles. The summed E-state index contributed by atoms with van der Waals surface area (Å²) in [6.07, 6.45) is -0.481. The van der Waals surface area contributed by atoms with Crippen LogP contribution in [0.2, 0.25) is 10.0 Å². The first-order valence-electron chi connectivity index (χ1n) is 13.2. The summed E-state index contributed by atoms with van der Waals surface area (Å²) in [6.45, 7) is 5.04. The first-order valence-corrected chi connectivity index (χ1v) is 14.0. The van der Waals surface area contributed by atoms with Gasteiger partial charge in [-0.1, -0.05) is 23.2 Å². The minimum absolute atomic E-state index is 0.0433. The van der Waals surface area contributed by atoms with E-state index in [0.717, 1.165) is 15.8 Å². The Hall–Kier alpha value is -2.70. The molecule has 2 aliphatic rings. The highest BCUT2D eigenvalue weighted by Crippen LogP contribution is 2.40. The summed E-state index contributed by atoms with van der Waals surface area (Å²) in [5.74, 6) is -3.27. The van der Waals surface area contributed by atoms with Gasteiger partial charge in [0.15, 0.2) is 11.5 Å². The van der Waals surface area contributed by atoms with Gasteiger partial charge in [-0.2, -0.15) is 18.3 Å². The molecule has 41 heavy (non-hydrogen) atoms. The fourth-order valence-corrected chi connectivity index (χ4v) is 6.04. The number of pyridine rings is 1. The third-order valence-corrected chi connectivity index (χ3v) is 8.00. The Kier molecular flexibility index (Phi) is 9.06. The van der Waals surface area contributed by atoms with E-state index in [1.807, 2.05) is 20.8 Å². The average molecular weight is 619 g/mol. The number of hydrogen-bond acceptors (Lipinski definition) is 6. The van der Waals surface area contributed by atoms with Crippen molar-refractivity contribution in [1.29, 1.82) is 0 Å². The second-order valence-electron chi connectivity index (χ2n) is 11.5. The van der Waals surface area contributed by atoms with Crippen LogP contribution in [0.15, 0.2) is 18.6 Å². The standard InChI is InChI=1S/C27H31Cl2F3N4O5/c1-26(2,3)41-17-8-16(9-17)35(13-21(37)22-19(28)11-33-12-20(22)29)24(38)18-10-34-36(23(18)27(30,31)32)15-6-4-14(5-7-15)25(39)40/h10-12,14-17H,4-9,13H2,1-3H3,(H,39,40)/t14-,15-,16-,17+. The third kappa shape index (κ3) is 7.03. The summed E-state index contributed by atoms with van der Waals surface area (Å²) in [4.78, 5) is 43.4. The molecule has 9 nitrogen and oxygen atoms in total. The Morgan fingerprint density at radius 3 is 2.15 bits per heavy atom. The lowest BCUT2D eigenvalue weighted by Gasteiger charge is -2.44. The van der Waals surface area contributed by atoms with Crippen LogP contribution >= 0.6 is 23.2 Å². The molecule has 4 rings (SSSR count). The number of alkyl halides is 3. The van der Waals surface area contributed by atoms with E-state index in [1.54, 1.807) is 0 Å². The number of hydrogen-bond donors (Lipinski definition) is 1. The molecule has 14 heteroatoms. The zero-order valence-corrected chi connectivity index (χ0v) is 24.3. The Balaban J connectivity index is 1.66. The Labute approximate surface area is 244 Å². The number of halogens is 5. The molecule has 2 aromatic rings. The number of aromatic nitrogens is 3. The number of amides is 1. The highest BCUT2D eigenvalue weighted by Gasteiger charge is 2.46. The lowest BCUT2D eigenvalue weighted by atomic mass is 9.86. The minimum atomic E-state index is -4.93. The summed E-state index contributed by atoms with van der Waals surface area (Å²) >= 11 is 12.3. The maximum absolute atomic E-state index is 14.4. The summed E-state index contributed by atoms with van der Waals surface area (Å²) in [5, 5.41) is 13.1. The average Bonchev–Trinajstić information content (AvgIpc) is 3.30. The number of carboxylic acids is 1. The smallest absolute Gasteiger partial charge is 0.433 e. The van der Waals surface area contributed by atoms with Gasteiger partial charge in [0, 0.05) is 18.4 Å². The maximum Gasteiger partial charge on any atom is 0.433 e. The van der Waals surface area contributed by atoms with Crippen molar-refractivity contribution in [2.24, 2.45) is 5.92 Å². The molecule has 2 saturated carbocycles. The van der Waals surface area contributed by atoms with Gasteiger partial charge in [0.1, 0.15) is 0 Å². The van der Waals surface area contributed by atoms with Gasteiger partial charge >= 0.3 is 12.1 Å². The number of ketones is 1. The molecule has 0 radical (unpaired) electrons. The van der Waals surface area contributed by atoms with Crippen molar-refractivity contribution < 1.29 is 37.4 Å². The van der Waals surface area contributed by atoms with Crippen molar-refractivity contribution in [2.45, 2.75) is 89.3 Å². The van der Waals surface area contributed by atoms with Crippen molar-refractivity contribution in [3.05, 3.63) is 45.5 Å². The monoisotopic (exact) mass is 618 g/mol. The molecule has 2 fully saturated rings. The van der Waals surface area contributed by atoms with Crippen LogP contribution in [0.3, 0.4) is 0 Å². The summed E-state index contributed by atoms with van der Waals surface area (Å²) in [7, 11) is 0. The van der Waals surface area contributed by atoms with Crippen LogP contribution in [0.4, 0.5) is 13.2 Å². The number of rotatable bonds is 8. The largest absolute Gasteiger partial charge is 0.481 e.